The molecule has 0 atom stereocenters. The van der Waals surface area contributed by atoms with Crippen LogP contribution in [0.4, 0.5) is 22.0 Å². The van der Waals surface area contributed by atoms with Gasteiger partial charge in [0.05, 0.1) is 0 Å². The lowest BCUT2D eigenvalue weighted by Crippen LogP contribution is -2.41. The molecule has 0 spiro atoms. The van der Waals surface area contributed by atoms with Crippen LogP contribution in [-0.4, -0.2) is 37.3 Å². The number of carbonyl (C=O) groups is 2. The van der Waals surface area contributed by atoms with Crippen molar-refractivity contribution < 1.29 is 41.0 Å². The highest BCUT2D eigenvalue weighted by Crippen LogP contribution is 2.35. The normalized spacial score (nSPS) is 12.9. The van der Waals surface area contributed by atoms with E-state index in [1.165, 1.54) is 0 Å². The molecule has 0 saturated carbocycles. The van der Waals surface area contributed by atoms with E-state index in [-0.39, 0.29) is 11.8 Å². The van der Waals surface area contributed by atoms with E-state index in [9.17, 15) is 31.5 Å². The largest absolute Gasteiger partial charge is 0.456 e. The Balaban J connectivity index is 4.08. The molecule has 0 bridgehead atoms. The summed E-state index contributed by atoms with van der Waals surface area (Å²) in [5.41, 5.74) is -0.103. The minimum absolute atomic E-state index is 0.00678. The number of hydrogen-bond donors (Lipinski definition) is 0. The number of ether oxygens (including phenoxy) is 2. The molecule has 130 valence electrons. The summed E-state index contributed by atoms with van der Waals surface area (Å²) >= 11 is 0. The van der Waals surface area contributed by atoms with Gasteiger partial charge in [0.15, 0.2) is 13.2 Å². The molecule has 0 aromatic carbocycles. The van der Waals surface area contributed by atoms with Crippen LogP contribution in [-0.2, 0) is 19.1 Å². The maximum Gasteiger partial charge on any atom is 0.456 e. The second-order valence-electron chi connectivity index (χ2n) is 5.54. The van der Waals surface area contributed by atoms with Gasteiger partial charge < -0.3 is 9.47 Å². The van der Waals surface area contributed by atoms with Crippen molar-refractivity contribution in [3.63, 3.8) is 0 Å². The van der Waals surface area contributed by atoms with Crippen LogP contribution < -0.4 is 0 Å². The van der Waals surface area contributed by atoms with E-state index in [0.29, 0.717) is 6.42 Å². The topological polar surface area (TPSA) is 52.6 Å². The molecule has 0 aromatic rings. The quantitative estimate of drug-likeness (QED) is 0.504. The zero-order valence-corrected chi connectivity index (χ0v) is 12.6. The molecule has 0 saturated heterocycles. The molecule has 0 aromatic heterocycles. The van der Waals surface area contributed by atoms with Gasteiger partial charge in [0.2, 0.25) is 0 Å². The molecular weight excluding hydrogens is 315 g/mol. The first-order valence-electron chi connectivity index (χ1n) is 6.56. The third-order valence-electron chi connectivity index (χ3n) is 3.14. The molecule has 0 aliphatic heterocycles. The highest BCUT2D eigenvalue weighted by Gasteiger charge is 2.58. The summed E-state index contributed by atoms with van der Waals surface area (Å²) in [5, 5.41) is 0. The van der Waals surface area contributed by atoms with Crippen molar-refractivity contribution in [3.05, 3.63) is 0 Å². The molecule has 0 aliphatic carbocycles. The number of alkyl halides is 5. The van der Waals surface area contributed by atoms with Crippen molar-refractivity contribution in [2.45, 2.75) is 52.1 Å². The SMILES string of the molecule is CCC(C)(C)CCC(=O)OCC(=O)OCC(F)(F)C(F)(F)F. The Labute approximate surface area is 124 Å². The van der Waals surface area contributed by atoms with Crippen molar-refractivity contribution in [1.82, 2.24) is 0 Å². The van der Waals surface area contributed by atoms with Gasteiger partial charge in [-0.1, -0.05) is 27.2 Å². The van der Waals surface area contributed by atoms with Crippen LogP contribution in [0.1, 0.15) is 40.0 Å². The van der Waals surface area contributed by atoms with Crippen molar-refractivity contribution in [3.8, 4) is 0 Å². The Hall–Kier alpha value is -1.41. The first-order chi connectivity index (χ1) is 9.81. The van der Waals surface area contributed by atoms with Crippen molar-refractivity contribution in [2.75, 3.05) is 13.2 Å². The monoisotopic (exact) mass is 334 g/mol. The number of halogens is 5. The average Bonchev–Trinajstić information content (AvgIpc) is 2.39. The fraction of sp³-hybridized carbons (Fsp3) is 0.846. The van der Waals surface area contributed by atoms with Gasteiger partial charge in [-0.2, -0.15) is 22.0 Å². The van der Waals surface area contributed by atoms with Gasteiger partial charge in [-0.15, -0.1) is 0 Å². The minimum Gasteiger partial charge on any atom is -0.456 e. The maximum atomic E-state index is 12.5. The standard InChI is InChI=1S/C13H19F5O4/c1-4-11(2,3)6-5-9(19)21-7-10(20)22-8-12(14,15)13(16,17)18/h4-8H2,1-3H3. The molecule has 0 fully saturated rings. The Morgan fingerprint density at radius 3 is 1.95 bits per heavy atom. The molecule has 9 heteroatoms. The molecular formula is C13H19F5O4. The Morgan fingerprint density at radius 1 is 0.955 bits per heavy atom. The van der Waals surface area contributed by atoms with Crippen molar-refractivity contribution in [2.24, 2.45) is 5.41 Å². The molecule has 0 unspecified atom stereocenters. The van der Waals surface area contributed by atoms with Crippen molar-refractivity contribution >= 4 is 11.9 Å². The number of rotatable bonds is 8. The zero-order chi connectivity index (χ0) is 17.6. The molecule has 0 amide bonds. The maximum absolute atomic E-state index is 12.5. The summed E-state index contributed by atoms with van der Waals surface area (Å²) in [6, 6.07) is 0. The molecule has 22 heavy (non-hydrogen) atoms. The van der Waals surface area contributed by atoms with Gasteiger partial charge in [-0.25, -0.2) is 4.79 Å². The number of carbonyl (C=O) groups excluding carboxylic acids is 2. The van der Waals surface area contributed by atoms with Gasteiger partial charge in [-0.05, 0) is 11.8 Å². The lowest BCUT2D eigenvalue weighted by molar-refractivity contribution is -0.294. The first kappa shape index (κ1) is 20.6. The van der Waals surface area contributed by atoms with Gasteiger partial charge in [-0.3, -0.25) is 4.79 Å². The highest BCUT2D eigenvalue weighted by atomic mass is 19.4. The second kappa shape index (κ2) is 7.73. The van der Waals surface area contributed by atoms with E-state index < -0.39 is 37.3 Å². The van der Waals surface area contributed by atoms with Crippen LogP contribution in [0.15, 0.2) is 0 Å². The van der Waals surface area contributed by atoms with Crippen LogP contribution in [0, 0.1) is 5.41 Å². The Kier molecular flexibility index (Phi) is 7.24. The molecule has 0 aliphatic rings. The van der Waals surface area contributed by atoms with Gasteiger partial charge >= 0.3 is 24.0 Å². The Bertz CT molecular complexity index is 390. The molecule has 0 N–H and O–H groups in total. The summed E-state index contributed by atoms with van der Waals surface area (Å²) in [6.07, 6.45) is -4.50. The van der Waals surface area contributed by atoms with Crippen LogP contribution in [0.25, 0.3) is 0 Å². The van der Waals surface area contributed by atoms with E-state index in [4.69, 9.17) is 0 Å². The third-order valence-corrected chi connectivity index (χ3v) is 3.14. The predicted octanol–water partition coefficient (Wildman–Crippen LogP) is 3.49. The molecule has 0 rings (SSSR count). The smallest absolute Gasteiger partial charge is 0.456 e. The van der Waals surface area contributed by atoms with Gasteiger partial charge in [0.25, 0.3) is 0 Å². The van der Waals surface area contributed by atoms with E-state index in [1.807, 2.05) is 20.8 Å². The van der Waals surface area contributed by atoms with Crippen LogP contribution in [0.5, 0.6) is 0 Å². The highest BCUT2D eigenvalue weighted by molar-refractivity contribution is 5.76. The molecule has 0 heterocycles. The van der Waals surface area contributed by atoms with Gasteiger partial charge in [0.1, 0.15) is 0 Å². The summed E-state index contributed by atoms with van der Waals surface area (Å²) < 4.78 is 68.6. The van der Waals surface area contributed by atoms with Crippen molar-refractivity contribution in [1.29, 1.82) is 0 Å². The number of esters is 2. The van der Waals surface area contributed by atoms with Crippen LogP contribution >= 0.6 is 0 Å². The summed E-state index contributed by atoms with van der Waals surface area (Å²) in [5.74, 6) is -7.36. The lowest BCUT2D eigenvalue weighted by Gasteiger charge is -2.21. The molecule has 4 nitrogen and oxygen atoms in total. The zero-order valence-electron chi connectivity index (χ0n) is 12.6. The van der Waals surface area contributed by atoms with E-state index in [1.54, 1.807) is 0 Å². The van der Waals surface area contributed by atoms with E-state index >= 15 is 0 Å². The van der Waals surface area contributed by atoms with Gasteiger partial charge in [0, 0.05) is 6.42 Å². The minimum atomic E-state index is -5.81. The predicted molar refractivity (Wildman–Crippen MR) is 66.2 cm³/mol. The summed E-state index contributed by atoms with van der Waals surface area (Å²) in [7, 11) is 0. The molecule has 0 radical (unpaired) electrons. The average molecular weight is 334 g/mol. The van der Waals surface area contributed by atoms with Crippen LogP contribution in [0.2, 0.25) is 0 Å². The summed E-state index contributed by atoms with van der Waals surface area (Å²) in [6.45, 7) is 2.64. The van der Waals surface area contributed by atoms with E-state index in [2.05, 4.69) is 9.47 Å². The summed E-state index contributed by atoms with van der Waals surface area (Å²) in [4.78, 5) is 22.3. The lowest BCUT2D eigenvalue weighted by atomic mass is 9.85. The number of hydrogen-bond acceptors (Lipinski definition) is 4. The first-order valence-corrected chi connectivity index (χ1v) is 6.56. The fourth-order valence-electron chi connectivity index (χ4n) is 1.12. The fourth-order valence-corrected chi connectivity index (χ4v) is 1.12. The third kappa shape index (κ3) is 7.56. The second-order valence-corrected chi connectivity index (χ2v) is 5.54. The van der Waals surface area contributed by atoms with E-state index in [0.717, 1.165) is 6.42 Å². The van der Waals surface area contributed by atoms with Crippen LogP contribution in [0.3, 0.4) is 0 Å². The Morgan fingerprint density at radius 2 is 1.50 bits per heavy atom.